The Hall–Kier alpha value is -2.72. The van der Waals surface area contributed by atoms with E-state index >= 15 is 0 Å². The number of benzene rings is 1. The SMILES string of the molecule is Nc1cc(N)nc(SCC(=O)Nc2nc(-c3ccc(F)cc3)cs2)n1. The third kappa shape index (κ3) is 4.64. The van der Waals surface area contributed by atoms with Crippen LogP contribution in [0.2, 0.25) is 0 Å². The van der Waals surface area contributed by atoms with Gasteiger partial charge in [0.2, 0.25) is 5.91 Å². The third-order valence-electron chi connectivity index (χ3n) is 2.97. The van der Waals surface area contributed by atoms with Crippen LogP contribution in [-0.4, -0.2) is 26.6 Å². The molecule has 0 bridgehead atoms. The predicted molar refractivity (Wildman–Crippen MR) is 97.7 cm³/mol. The molecule has 0 fully saturated rings. The lowest BCUT2D eigenvalue weighted by Gasteiger charge is -2.03. The zero-order valence-corrected chi connectivity index (χ0v) is 14.4. The molecule has 10 heteroatoms. The van der Waals surface area contributed by atoms with Crippen molar-refractivity contribution in [3.8, 4) is 11.3 Å². The molecule has 3 aromatic rings. The molecular weight excluding hydrogens is 363 g/mol. The Balaban J connectivity index is 1.59. The molecule has 0 aliphatic rings. The number of rotatable bonds is 5. The van der Waals surface area contributed by atoms with Gasteiger partial charge in [0.25, 0.3) is 0 Å². The highest BCUT2D eigenvalue weighted by Crippen LogP contribution is 2.25. The van der Waals surface area contributed by atoms with Crippen molar-refractivity contribution in [1.82, 2.24) is 15.0 Å². The molecule has 0 spiro atoms. The van der Waals surface area contributed by atoms with Crippen molar-refractivity contribution in [1.29, 1.82) is 0 Å². The monoisotopic (exact) mass is 376 g/mol. The van der Waals surface area contributed by atoms with Crippen LogP contribution in [0.1, 0.15) is 0 Å². The van der Waals surface area contributed by atoms with E-state index in [1.807, 2.05) is 0 Å². The quantitative estimate of drug-likeness (QED) is 0.462. The van der Waals surface area contributed by atoms with E-state index in [-0.39, 0.29) is 29.1 Å². The van der Waals surface area contributed by atoms with Crippen LogP contribution >= 0.6 is 23.1 Å². The standard InChI is InChI=1S/C15H13FN6OS2/c16-9-3-1-8(2-4-9)10-6-24-14(19-10)22-13(23)7-25-15-20-11(17)5-12(18)21-15/h1-6H,7H2,(H,19,22,23)(H4,17,18,20,21). The van der Waals surface area contributed by atoms with Crippen LogP contribution in [0.5, 0.6) is 0 Å². The fourth-order valence-electron chi connectivity index (χ4n) is 1.90. The van der Waals surface area contributed by atoms with Crippen LogP contribution < -0.4 is 16.8 Å². The first kappa shape index (κ1) is 17.1. The van der Waals surface area contributed by atoms with Gasteiger partial charge >= 0.3 is 0 Å². The lowest BCUT2D eigenvalue weighted by molar-refractivity contribution is -0.113. The molecule has 0 atom stereocenters. The van der Waals surface area contributed by atoms with Gasteiger partial charge < -0.3 is 16.8 Å². The Morgan fingerprint density at radius 2 is 1.84 bits per heavy atom. The highest BCUT2D eigenvalue weighted by Gasteiger charge is 2.10. The van der Waals surface area contributed by atoms with Gasteiger partial charge in [0.05, 0.1) is 11.4 Å². The highest BCUT2D eigenvalue weighted by atomic mass is 32.2. The number of aromatic nitrogens is 3. The summed E-state index contributed by atoms with van der Waals surface area (Å²) in [5.74, 6) is 0.0241. The zero-order chi connectivity index (χ0) is 17.8. The second-order valence-electron chi connectivity index (χ2n) is 4.88. The number of amides is 1. The molecule has 3 rings (SSSR count). The first-order chi connectivity index (χ1) is 12.0. The van der Waals surface area contributed by atoms with Crippen LogP contribution in [-0.2, 0) is 4.79 Å². The minimum absolute atomic E-state index is 0.0916. The van der Waals surface area contributed by atoms with Crippen molar-refractivity contribution in [3.05, 3.63) is 41.5 Å². The smallest absolute Gasteiger partial charge is 0.236 e. The minimum Gasteiger partial charge on any atom is -0.383 e. The maximum absolute atomic E-state index is 13.0. The highest BCUT2D eigenvalue weighted by molar-refractivity contribution is 7.99. The summed E-state index contributed by atoms with van der Waals surface area (Å²) in [5.41, 5.74) is 12.6. The van der Waals surface area contributed by atoms with Crippen LogP contribution in [0.25, 0.3) is 11.3 Å². The number of anilines is 3. The van der Waals surface area contributed by atoms with E-state index in [0.29, 0.717) is 16.0 Å². The molecule has 1 aromatic carbocycles. The number of carbonyl (C=O) groups is 1. The van der Waals surface area contributed by atoms with Gasteiger partial charge in [-0.1, -0.05) is 11.8 Å². The molecule has 0 aliphatic heterocycles. The maximum Gasteiger partial charge on any atom is 0.236 e. The normalized spacial score (nSPS) is 10.6. The lowest BCUT2D eigenvalue weighted by Crippen LogP contribution is -2.14. The number of thioether (sulfide) groups is 1. The molecule has 7 nitrogen and oxygen atoms in total. The molecule has 0 saturated carbocycles. The van der Waals surface area contributed by atoms with E-state index < -0.39 is 0 Å². The second-order valence-corrected chi connectivity index (χ2v) is 6.68. The Morgan fingerprint density at radius 3 is 2.52 bits per heavy atom. The Labute approximate surface area is 150 Å². The summed E-state index contributed by atoms with van der Waals surface area (Å²) in [5, 5.41) is 5.28. The molecule has 0 saturated heterocycles. The van der Waals surface area contributed by atoms with E-state index in [1.165, 1.54) is 29.5 Å². The van der Waals surface area contributed by atoms with Crippen molar-refractivity contribution in [2.75, 3.05) is 22.5 Å². The Kier molecular flexibility index (Phi) is 5.10. The zero-order valence-electron chi connectivity index (χ0n) is 12.8. The molecule has 1 amide bonds. The van der Waals surface area contributed by atoms with E-state index in [4.69, 9.17) is 11.5 Å². The average molecular weight is 376 g/mol. The van der Waals surface area contributed by atoms with Crippen LogP contribution in [0.4, 0.5) is 21.2 Å². The van der Waals surface area contributed by atoms with E-state index in [9.17, 15) is 9.18 Å². The van der Waals surface area contributed by atoms with E-state index in [0.717, 1.165) is 17.3 Å². The summed E-state index contributed by atoms with van der Waals surface area (Å²) in [6.07, 6.45) is 0. The molecule has 5 N–H and O–H groups in total. The summed E-state index contributed by atoms with van der Waals surface area (Å²) in [6, 6.07) is 7.43. The number of nitrogens with one attached hydrogen (secondary N) is 1. The van der Waals surface area contributed by atoms with Gasteiger partial charge in [-0.15, -0.1) is 11.3 Å². The van der Waals surface area contributed by atoms with Gasteiger partial charge in [-0.05, 0) is 24.3 Å². The molecular formula is C15H13FN6OS2. The Morgan fingerprint density at radius 1 is 1.16 bits per heavy atom. The number of hydrogen-bond acceptors (Lipinski definition) is 8. The molecule has 0 radical (unpaired) electrons. The van der Waals surface area contributed by atoms with Crippen LogP contribution in [0, 0.1) is 5.82 Å². The van der Waals surface area contributed by atoms with Crippen molar-refractivity contribution < 1.29 is 9.18 Å². The fourth-order valence-corrected chi connectivity index (χ4v) is 3.30. The number of nitrogens with zero attached hydrogens (tertiary/aromatic N) is 3. The maximum atomic E-state index is 13.0. The first-order valence-corrected chi connectivity index (χ1v) is 8.90. The lowest BCUT2D eigenvalue weighted by atomic mass is 10.2. The molecule has 128 valence electrons. The summed E-state index contributed by atoms with van der Waals surface area (Å²) in [7, 11) is 0. The van der Waals surface area contributed by atoms with Crippen molar-refractivity contribution in [2.24, 2.45) is 0 Å². The number of carbonyl (C=O) groups excluding carboxylic acids is 1. The van der Waals surface area contributed by atoms with Gasteiger partial charge in [0, 0.05) is 17.0 Å². The van der Waals surface area contributed by atoms with Gasteiger partial charge in [-0.3, -0.25) is 4.79 Å². The molecule has 2 aromatic heterocycles. The van der Waals surface area contributed by atoms with Crippen molar-refractivity contribution >= 4 is 45.8 Å². The minimum atomic E-state index is -0.311. The van der Waals surface area contributed by atoms with Crippen molar-refractivity contribution in [3.63, 3.8) is 0 Å². The largest absolute Gasteiger partial charge is 0.383 e. The van der Waals surface area contributed by atoms with Crippen LogP contribution in [0.15, 0.2) is 40.9 Å². The van der Waals surface area contributed by atoms with Gasteiger partial charge in [-0.25, -0.2) is 19.3 Å². The molecule has 0 unspecified atom stereocenters. The molecule has 2 heterocycles. The van der Waals surface area contributed by atoms with E-state index in [1.54, 1.807) is 17.5 Å². The van der Waals surface area contributed by atoms with E-state index in [2.05, 4.69) is 20.3 Å². The number of nitrogen functional groups attached to an aromatic ring is 2. The number of halogens is 1. The van der Waals surface area contributed by atoms with Gasteiger partial charge in [0.15, 0.2) is 10.3 Å². The predicted octanol–water partition coefficient (Wildman–Crippen LogP) is 2.63. The van der Waals surface area contributed by atoms with Gasteiger partial charge in [-0.2, -0.15) is 0 Å². The molecule has 0 aliphatic carbocycles. The number of nitrogens with two attached hydrogens (primary N) is 2. The first-order valence-electron chi connectivity index (χ1n) is 7.04. The Bertz CT molecular complexity index is 879. The van der Waals surface area contributed by atoms with Crippen molar-refractivity contribution in [2.45, 2.75) is 5.16 Å². The average Bonchev–Trinajstić information content (AvgIpc) is 3.01. The summed E-state index contributed by atoms with van der Waals surface area (Å²) < 4.78 is 13.0. The molecule has 25 heavy (non-hydrogen) atoms. The van der Waals surface area contributed by atoms with Gasteiger partial charge in [0.1, 0.15) is 17.5 Å². The second kappa shape index (κ2) is 7.45. The topological polar surface area (TPSA) is 120 Å². The summed E-state index contributed by atoms with van der Waals surface area (Å²) >= 11 is 2.41. The fraction of sp³-hybridized carbons (Fsp3) is 0.0667. The van der Waals surface area contributed by atoms with Crippen LogP contribution in [0.3, 0.4) is 0 Å². The summed E-state index contributed by atoms with van der Waals surface area (Å²) in [4.78, 5) is 24.3. The third-order valence-corrected chi connectivity index (χ3v) is 4.57. The summed E-state index contributed by atoms with van der Waals surface area (Å²) in [6.45, 7) is 0. The number of thiazole rings is 1. The number of hydrogen-bond donors (Lipinski definition) is 3.